The van der Waals surface area contributed by atoms with Crippen LogP contribution in [0.15, 0.2) is 42.5 Å². The predicted molar refractivity (Wildman–Crippen MR) is 98.1 cm³/mol. The van der Waals surface area contributed by atoms with Gasteiger partial charge in [-0.25, -0.2) is 0 Å². The molecule has 0 bridgehead atoms. The van der Waals surface area contributed by atoms with E-state index < -0.39 is 0 Å². The molecule has 0 heterocycles. The fraction of sp³-hybridized carbons (Fsp3) is 0.381. The standard InChI is InChI=1S/C21H25NO3/c1-25-20-12-7-15(13-19(20)23)14-22-21(24)18-10-8-17(9-11-18)16-5-3-2-4-6-16/h7-13,16,23H,2-6,14H2,1H3,(H,22,24). The number of amides is 1. The lowest BCUT2D eigenvalue weighted by Gasteiger charge is -2.22. The molecule has 1 aliphatic carbocycles. The molecule has 4 heteroatoms. The summed E-state index contributed by atoms with van der Waals surface area (Å²) in [6, 6.07) is 13.1. The second kappa shape index (κ2) is 8.06. The van der Waals surface area contributed by atoms with Crippen molar-refractivity contribution in [2.75, 3.05) is 7.11 Å². The smallest absolute Gasteiger partial charge is 0.251 e. The minimum Gasteiger partial charge on any atom is -0.504 e. The number of phenols is 1. The second-order valence-corrected chi connectivity index (χ2v) is 6.65. The van der Waals surface area contributed by atoms with Gasteiger partial charge in [0.15, 0.2) is 11.5 Å². The molecule has 2 aromatic rings. The van der Waals surface area contributed by atoms with E-state index in [0.717, 1.165) is 5.56 Å². The van der Waals surface area contributed by atoms with Gasteiger partial charge < -0.3 is 15.2 Å². The van der Waals surface area contributed by atoms with Crippen molar-refractivity contribution in [1.29, 1.82) is 0 Å². The van der Waals surface area contributed by atoms with Crippen LogP contribution in [0.2, 0.25) is 0 Å². The van der Waals surface area contributed by atoms with Gasteiger partial charge in [0.2, 0.25) is 0 Å². The lowest BCUT2D eigenvalue weighted by molar-refractivity contribution is 0.0951. The summed E-state index contributed by atoms with van der Waals surface area (Å²) < 4.78 is 5.02. The van der Waals surface area contributed by atoms with Gasteiger partial charge in [-0.2, -0.15) is 0 Å². The van der Waals surface area contributed by atoms with E-state index in [1.165, 1.54) is 44.8 Å². The number of hydrogen-bond acceptors (Lipinski definition) is 3. The lowest BCUT2D eigenvalue weighted by atomic mass is 9.84. The quantitative estimate of drug-likeness (QED) is 0.850. The van der Waals surface area contributed by atoms with Gasteiger partial charge in [0, 0.05) is 12.1 Å². The number of phenolic OH excluding ortho intramolecular Hbond substituents is 1. The van der Waals surface area contributed by atoms with Crippen LogP contribution in [0.25, 0.3) is 0 Å². The van der Waals surface area contributed by atoms with E-state index in [0.29, 0.717) is 23.8 Å². The highest BCUT2D eigenvalue weighted by molar-refractivity contribution is 5.94. The van der Waals surface area contributed by atoms with Crippen molar-refractivity contribution in [1.82, 2.24) is 5.32 Å². The maximum absolute atomic E-state index is 12.3. The van der Waals surface area contributed by atoms with Crippen LogP contribution in [-0.4, -0.2) is 18.1 Å². The van der Waals surface area contributed by atoms with Crippen molar-refractivity contribution >= 4 is 5.91 Å². The van der Waals surface area contributed by atoms with Crippen LogP contribution >= 0.6 is 0 Å². The number of methoxy groups -OCH3 is 1. The fourth-order valence-corrected chi connectivity index (χ4v) is 3.47. The van der Waals surface area contributed by atoms with Gasteiger partial charge in [-0.05, 0) is 54.2 Å². The van der Waals surface area contributed by atoms with Crippen molar-refractivity contribution in [2.24, 2.45) is 0 Å². The number of carbonyl (C=O) groups is 1. The molecule has 1 fully saturated rings. The lowest BCUT2D eigenvalue weighted by Crippen LogP contribution is -2.22. The molecule has 0 radical (unpaired) electrons. The molecule has 0 unspecified atom stereocenters. The van der Waals surface area contributed by atoms with Gasteiger partial charge >= 0.3 is 0 Å². The van der Waals surface area contributed by atoms with Crippen molar-refractivity contribution < 1.29 is 14.6 Å². The summed E-state index contributed by atoms with van der Waals surface area (Å²) in [6.07, 6.45) is 6.47. The number of nitrogens with one attached hydrogen (secondary N) is 1. The first-order chi connectivity index (χ1) is 12.2. The second-order valence-electron chi connectivity index (χ2n) is 6.65. The molecule has 2 N–H and O–H groups in total. The van der Waals surface area contributed by atoms with Crippen LogP contribution in [0.3, 0.4) is 0 Å². The highest BCUT2D eigenvalue weighted by Crippen LogP contribution is 2.32. The third-order valence-corrected chi connectivity index (χ3v) is 4.95. The predicted octanol–water partition coefficient (Wildman–Crippen LogP) is 4.38. The van der Waals surface area contributed by atoms with Crippen molar-refractivity contribution in [3.8, 4) is 11.5 Å². The molecule has 1 saturated carbocycles. The van der Waals surface area contributed by atoms with Gasteiger partial charge in [0.25, 0.3) is 5.91 Å². The monoisotopic (exact) mass is 339 g/mol. The number of aromatic hydroxyl groups is 1. The van der Waals surface area contributed by atoms with Crippen LogP contribution in [0.5, 0.6) is 11.5 Å². The summed E-state index contributed by atoms with van der Waals surface area (Å²) in [4.78, 5) is 12.3. The summed E-state index contributed by atoms with van der Waals surface area (Å²) in [5.74, 6) is 1.04. The Hall–Kier alpha value is -2.49. The molecular weight excluding hydrogens is 314 g/mol. The van der Waals surface area contributed by atoms with E-state index in [2.05, 4.69) is 17.4 Å². The normalized spacial score (nSPS) is 14.9. The Morgan fingerprint density at radius 3 is 2.48 bits per heavy atom. The van der Waals surface area contributed by atoms with E-state index >= 15 is 0 Å². The minimum atomic E-state index is -0.106. The van der Waals surface area contributed by atoms with E-state index in [1.54, 1.807) is 12.1 Å². The van der Waals surface area contributed by atoms with E-state index in [-0.39, 0.29) is 11.7 Å². The van der Waals surface area contributed by atoms with Crippen LogP contribution in [0.1, 0.15) is 59.5 Å². The highest BCUT2D eigenvalue weighted by atomic mass is 16.5. The Morgan fingerprint density at radius 2 is 1.84 bits per heavy atom. The van der Waals surface area contributed by atoms with Crippen molar-refractivity contribution in [3.05, 3.63) is 59.2 Å². The summed E-state index contributed by atoms with van der Waals surface area (Å²) in [6.45, 7) is 0.362. The Balaban J connectivity index is 1.58. The molecule has 25 heavy (non-hydrogen) atoms. The van der Waals surface area contributed by atoms with Crippen LogP contribution in [0, 0.1) is 0 Å². The summed E-state index contributed by atoms with van der Waals surface area (Å²) >= 11 is 0. The maximum atomic E-state index is 12.3. The first kappa shape index (κ1) is 17.3. The number of rotatable bonds is 5. The molecule has 0 aliphatic heterocycles. The van der Waals surface area contributed by atoms with Gasteiger partial charge in [-0.1, -0.05) is 37.5 Å². The van der Waals surface area contributed by atoms with Gasteiger partial charge in [-0.3, -0.25) is 4.79 Å². The maximum Gasteiger partial charge on any atom is 0.251 e. The molecule has 2 aromatic carbocycles. The summed E-state index contributed by atoms with van der Waals surface area (Å²) in [7, 11) is 1.51. The molecular formula is C21H25NO3. The average Bonchev–Trinajstić information content (AvgIpc) is 2.67. The minimum absolute atomic E-state index is 0.0751. The van der Waals surface area contributed by atoms with Gasteiger partial charge in [0.1, 0.15) is 0 Å². The van der Waals surface area contributed by atoms with Crippen molar-refractivity contribution in [2.45, 2.75) is 44.6 Å². The topological polar surface area (TPSA) is 58.6 Å². The van der Waals surface area contributed by atoms with Crippen LogP contribution in [0.4, 0.5) is 0 Å². The first-order valence-corrected chi connectivity index (χ1v) is 8.91. The van der Waals surface area contributed by atoms with E-state index in [9.17, 15) is 9.90 Å². The SMILES string of the molecule is COc1ccc(CNC(=O)c2ccc(C3CCCCC3)cc2)cc1O. The Kier molecular flexibility index (Phi) is 5.59. The third-order valence-electron chi connectivity index (χ3n) is 4.95. The largest absolute Gasteiger partial charge is 0.504 e. The summed E-state index contributed by atoms with van der Waals surface area (Å²) in [5.41, 5.74) is 2.83. The van der Waals surface area contributed by atoms with Crippen LogP contribution in [-0.2, 0) is 6.54 Å². The van der Waals surface area contributed by atoms with Gasteiger partial charge in [-0.15, -0.1) is 0 Å². The molecule has 0 saturated heterocycles. The number of ether oxygens (including phenoxy) is 1. The van der Waals surface area contributed by atoms with Crippen LogP contribution < -0.4 is 10.1 Å². The van der Waals surface area contributed by atoms with E-state index in [4.69, 9.17) is 4.74 Å². The zero-order valence-electron chi connectivity index (χ0n) is 14.6. The molecule has 3 rings (SSSR count). The van der Waals surface area contributed by atoms with Crippen molar-refractivity contribution in [3.63, 3.8) is 0 Å². The molecule has 1 amide bonds. The Bertz CT molecular complexity index is 718. The number of hydrogen-bond donors (Lipinski definition) is 2. The number of benzene rings is 2. The fourth-order valence-electron chi connectivity index (χ4n) is 3.47. The molecule has 1 aliphatic rings. The zero-order valence-corrected chi connectivity index (χ0v) is 14.6. The summed E-state index contributed by atoms with van der Waals surface area (Å²) in [5, 5.41) is 12.7. The highest BCUT2D eigenvalue weighted by Gasteiger charge is 2.16. The first-order valence-electron chi connectivity index (χ1n) is 8.91. The Morgan fingerprint density at radius 1 is 1.12 bits per heavy atom. The van der Waals surface area contributed by atoms with Gasteiger partial charge in [0.05, 0.1) is 7.11 Å². The number of carbonyl (C=O) groups excluding carboxylic acids is 1. The average molecular weight is 339 g/mol. The molecule has 0 aromatic heterocycles. The molecule has 0 spiro atoms. The third kappa shape index (κ3) is 4.32. The molecule has 4 nitrogen and oxygen atoms in total. The van der Waals surface area contributed by atoms with E-state index in [1.807, 2.05) is 18.2 Å². The molecule has 132 valence electrons. The molecule has 0 atom stereocenters. The zero-order chi connectivity index (χ0) is 17.6. The Labute approximate surface area is 148 Å².